The van der Waals surface area contributed by atoms with Crippen molar-refractivity contribution in [3.05, 3.63) is 0 Å². The van der Waals surface area contributed by atoms with Crippen molar-refractivity contribution in [2.24, 2.45) is 29.6 Å². The highest BCUT2D eigenvalue weighted by molar-refractivity contribution is 5.83. The van der Waals surface area contributed by atoms with Crippen LogP contribution in [0.2, 0.25) is 0 Å². The van der Waals surface area contributed by atoms with E-state index in [0.29, 0.717) is 23.5 Å². The highest BCUT2D eigenvalue weighted by Gasteiger charge is 2.24. The number of Topliss-reactive ketones (excluding diaryl/α,β-unsaturated/α-hetero) is 2. The molecule has 114 valence electrons. The molecule has 2 unspecified atom stereocenters. The van der Waals surface area contributed by atoms with Gasteiger partial charge in [0.2, 0.25) is 0 Å². The van der Waals surface area contributed by atoms with Crippen LogP contribution in [-0.4, -0.2) is 11.6 Å². The first kappa shape index (κ1) is 20.7. The van der Waals surface area contributed by atoms with Gasteiger partial charge in [0.05, 0.1) is 0 Å². The summed E-state index contributed by atoms with van der Waals surface area (Å²) < 4.78 is 0. The maximum atomic E-state index is 11.7. The lowest BCUT2D eigenvalue weighted by molar-refractivity contribution is -0.128. The molecule has 0 aromatic rings. The van der Waals surface area contributed by atoms with E-state index in [1.165, 1.54) is 0 Å². The highest BCUT2D eigenvalue weighted by Crippen LogP contribution is 2.20. The van der Waals surface area contributed by atoms with Crippen molar-refractivity contribution in [2.75, 3.05) is 0 Å². The van der Waals surface area contributed by atoms with Gasteiger partial charge in [0.1, 0.15) is 11.6 Å². The molecule has 0 aromatic heterocycles. The fourth-order valence-corrected chi connectivity index (χ4v) is 1.65. The molecule has 0 aliphatic heterocycles. The molecule has 0 heterocycles. The third-order valence-electron chi connectivity index (χ3n) is 3.59. The lowest BCUT2D eigenvalue weighted by Crippen LogP contribution is -2.26. The average molecular weight is 270 g/mol. The molecule has 0 saturated heterocycles. The number of hydrogen-bond donors (Lipinski definition) is 0. The molecule has 2 atom stereocenters. The molecule has 0 bridgehead atoms. The second-order valence-electron chi connectivity index (χ2n) is 6.77. The Bertz CT molecular complexity index is 248. The van der Waals surface area contributed by atoms with Crippen molar-refractivity contribution < 1.29 is 9.59 Å². The lowest BCUT2D eigenvalue weighted by Gasteiger charge is -2.21. The van der Waals surface area contributed by atoms with Gasteiger partial charge in [0, 0.05) is 18.3 Å². The fourth-order valence-electron chi connectivity index (χ4n) is 1.65. The van der Waals surface area contributed by atoms with Crippen LogP contribution >= 0.6 is 0 Å². The molecule has 0 aliphatic rings. The fraction of sp³-hybridized carbons (Fsp3) is 0.882. The number of rotatable bonds is 6. The number of carbonyl (C=O) groups excluding carboxylic acids is 2. The van der Waals surface area contributed by atoms with Gasteiger partial charge in [-0.2, -0.15) is 0 Å². The summed E-state index contributed by atoms with van der Waals surface area (Å²) >= 11 is 0. The predicted octanol–water partition coefficient (Wildman–Crippen LogP) is 4.76. The minimum Gasteiger partial charge on any atom is -0.300 e. The van der Waals surface area contributed by atoms with Gasteiger partial charge in [-0.3, -0.25) is 4.79 Å². The zero-order valence-electron chi connectivity index (χ0n) is 14.4. The molecule has 0 radical (unpaired) electrons. The molecule has 0 saturated carbocycles. The second kappa shape index (κ2) is 10.2. The summed E-state index contributed by atoms with van der Waals surface area (Å²) in [7, 11) is 0. The third kappa shape index (κ3) is 10.9. The van der Waals surface area contributed by atoms with Gasteiger partial charge in [-0.15, -0.1) is 0 Å². The molecular weight excluding hydrogens is 236 g/mol. The molecule has 19 heavy (non-hydrogen) atoms. The Morgan fingerprint density at radius 1 is 0.737 bits per heavy atom. The Balaban J connectivity index is 0. The van der Waals surface area contributed by atoms with Crippen LogP contribution < -0.4 is 0 Å². The van der Waals surface area contributed by atoms with E-state index in [2.05, 4.69) is 27.7 Å². The van der Waals surface area contributed by atoms with E-state index in [-0.39, 0.29) is 17.6 Å². The Kier molecular flexibility index (Phi) is 11.1. The van der Waals surface area contributed by atoms with Crippen molar-refractivity contribution in [3.63, 3.8) is 0 Å². The van der Waals surface area contributed by atoms with E-state index in [0.717, 1.165) is 6.42 Å². The number of hydrogen-bond acceptors (Lipinski definition) is 2. The molecule has 0 spiro atoms. The van der Waals surface area contributed by atoms with Crippen molar-refractivity contribution >= 4 is 11.6 Å². The van der Waals surface area contributed by atoms with Crippen molar-refractivity contribution in [1.82, 2.24) is 0 Å². The van der Waals surface area contributed by atoms with Gasteiger partial charge in [-0.05, 0) is 24.7 Å². The van der Waals surface area contributed by atoms with Crippen LogP contribution in [0.25, 0.3) is 0 Å². The first-order valence-electron chi connectivity index (χ1n) is 7.53. The monoisotopic (exact) mass is 270 g/mol. The van der Waals surface area contributed by atoms with Crippen LogP contribution in [0.4, 0.5) is 0 Å². The predicted molar refractivity (Wildman–Crippen MR) is 83.1 cm³/mol. The van der Waals surface area contributed by atoms with Crippen molar-refractivity contribution in [2.45, 2.75) is 68.7 Å². The summed E-state index contributed by atoms with van der Waals surface area (Å²) in [6, 6.07) is 0. The molecule has 2 heteroatoms. The summed E-state index contributed by atoms with van der Waals surface area (Å²) in [5.74, 6) is 2.59. The van der Waals surface area contributed by atoms with Gasteiger partial charge < -0.3 is 4.79 Å². The molecule has 0 N–H and O–H groups in total. The van der Waals surface area contributed by atoms with E-state index in [1.807, 2.05) is 27.7 Å². The number of carbonyl (C=O) groups is 2. The van der Waals surface area contributed by atoms with Crippen LogP contribution in [0.5, 0.6) is 0 Å². The van der Waals surface area contributed by atoms with Gasteiger partial charge in [-0.25, -0.2) is 0 Å². The van der Waals surface area contributed by atoms with Gasteiger partial charge >= 0.3 is 0 Å². The van der Waals surface area contributed by atoms with Crippen molar-refractivity contribution in [3.8, 4) is 0 Å². The minimum atomic E-state index is 0.211. The molecule has 2 nitrogen and oxygen atoms in total. The van der Waals surface area contributed by atoms with Crippen LogP contribution in [0.3, 0.4) is 0 Å². The molecule has 0 aliphatic carbocycles. The van der Waals surface area contributed by atoms with E-state index >= 15 is 0 Å². The Hall–Kier alpha value is -0.660. The topological polar surface area (TPSA) is 34.1 Å². The van der Waals surface area contributed by atoms with E-state index in [1.54, 1.807) is 6.92 Å². The summed E-state index contributed by atoms with van der Waals surface area (Å²) in [5.41, 5.74) is 0. The van der Waals surface area contributed by atoms with E-state index in [4.69, 9.17) is 0 Å². The number of ketones is 2. The maximum Gasteiger partial charge on any atom is 0.138 e. The smallest absolute Gasteiger partial charge is 0.138 e. The molecule has 0 fully saturated rings. The molecule has 0 rings (SSSR count). The van der Waals surface area contributed by atoms with Crippen LogP contribution in [0, 0.1) is 29.6 Å². The Morgan fingerprint density at radius 2 is 1.05 bits per heavy atom. The third-order valence-corrected chi connectivity index (χ3v) is 3.59. The first-order valence-corrected chi connectivity index (χ1v) is 7.53. The Labute approximate surface area is 120 Å². The SMILES string of the molecule is CC(=O)CC(C)C.CC(C)C(C)C(=O)C(C)C(C)C. The summed E-state index contributed by atoms with van der Waals surface area (Å²) in [6.45, 7) is 18.2. The van der Waals surface area contributed by atoms with Crippen molar-refractivity contribution in [1.29, 1.82) is 0 Å². The molecule has 0 amide bonds. The standard InChI is InChI=1S/C11H22O.C6H12O/c1-7(2)9(5)11(12)10(6)8(3)4;1-5(2)4-6(3)7/h7-10H,1-6H3;5H,4H2,1-3H3. The van der Waals surface area contributed by atoms with E-state index < -0.39 is 0 Å². The molecular formula is C17H34O2. The van der Waals surface area contributed by atoms with Crippen LogP contribution in [0.15, 0.2) is 0 Å². The lowest BCUT2D eigenvalue weighted by atomic mass is 9.82. The zero-order valence-corrected chi connectivity index (χ0v) is 14.4. The quantitative estimate of drug-likeness (QED) is 0.697. The largest absolute Gasteiger partial charge is 0.300 e. The normalized spacial score (nSPS) is 14.1. The summed E-state index contributed by atoms with van der Waals surface area (Å²) in [6.07, 6.45) is 0.722. The van der Waals surface area contributed by atoms with Crippen LogP contribution in [-0.2, 0) is 9.59 Å². The Morgan fingerprint density at radius 3 is 1.16 bits per heavy atom. The second-order valence-corrected chi connectivity index (χ2v) is 6.77. The minimum absolute atomic E-state index is 0.211. The van der Waals surface area contributed by atoms with Crippen LogP contribution in [0.1, 0.15) is 68.7 Å². The van der Waals surface area contributed by atoms with Gasteiger partial charge in [-0.1, -0.05) is 55.4 Å². The first-order chi connectivity index (χ1) is 8.50. The van der Waals surface area contributed by atoms with E-state index in [9.17, 15) is 9.59 Å². The average Bonchev–Trinajstić information content (AvgIpc) is 2.24. The highest BCUT2D eigenvalue weighted by atomic mass is 16.1. The summed E-state index contributed by atoms with van der Waals surface area (Å²) in [5, 5.41) is 0. The summed E-state index contributed by atoms with van der Waals surface area (Å²) in [4.78, 5) is 22.0. The van der Waals surface area contributed by atoms with Gasteiger partial charge in [0.15, 0.2) is 0 Å². The maximum absolute atomic E-state index is 11.7. The molecule has 0 aromatic carbocycles. The van der Waals surface area contributed by atoms with Gasteiger partial charge in [0.25, 0.3) is 0 Å². The zero-order chi connectivity index (χ0) is 15.7.